The number of aromatic nitrogens is 1. The molecule has 0 N–H and O–H groups in total. The van der Waals surface area contributed by atoms with Gasteiger partial charge in [-0.1, -0.05) is 18.2 Å². The number of nitrogens with zero attached hydrogens (tertiary/aromatic N) is 2. The van der Waals surface area contributed by atoms with E-state index < -0.39 is 0 Å². The summed E-state index contributed by atoms with van der Waals surface area (Å²) in [5.41, 5.74) is 1.92. The largest absolute Gasteiger partial charge is 0.256 e. The minimum atomic E-state index is 0.949. The number of allylic oxidation sites excluding steroid dienone is 1. The van der Waals surface area contributed by atoms with Gasteiger partial charge in [0.2, 0.25) is 0 Å². The highest BCUT2D eigenvalue weighted by atomic mass is 14.6. The highest BCUT2D eigenvalue weighted by molar-refractivity contribution is 5.80. The molecule has 1 aromatic carbocycles. The maximum Gasteiger partial charge on any atom is 0.0912 e. The van der Waals surface area contributed by atoms with Crippen molar-refractivity contribution in [1.82, 2.24) is 4.98 Å². The summed E-state index contributed by atoms with van der Waals surface area (Å²) in [5, 5.41) is 9.47. The van der Waals surface area contributed by atoms with Crippen LogP contribution in [0.4, 0.5) is 0 Å². The zero-order chi connectivity index (χ0) is 9.80. The lowest BCUT2D eigenvalue weighted by Crippen LogP contribution is -1.79. The first-order valence-electron chi connectivity index (χ1n) is 4.31. The van der Waals surface area contributed by atoms with Crippen molar-refractivity contribution in [3.63, 3.8) is 0 Å². The second-order valence-electron chi connectivity index (χ2n) is 2.92. The van der Waals surface area contributed by atoms with Gasteiger partial charge in [-0.25, -0.2) is 0 Å². The van der Waals surface area contributed by atoms with Gasteiger partial charge in [-0.3, -0.25) is 4.98 Å². The van der Waals surface area contributed by atoms with Crippen LogP contribution in [0.5, 0.6) is 0 Å². The molecule has 0 saturated heterocycles. The SMILES string of the molecule is N#CC=Cc1cnc2ccccc2c1. The van der Waals surface area contributed by atoms with Gasteiger partial charge in [0, 0.05) is 17.7 Å². The van der Waals surface area contributed by atoms with Crippen LogP contribution in [0.3, 0.4) is 0 Å². The molecule has 0 fully saturated rings. The van der Waals surface area contributed by atoms with Gasteiger partial charge < -0.3 is 0 Å². The molecule has 0 bridgehead atoms. The molecule has 2 aromatic rings. The van der Waals surface area contributed by atoms with Crippen LogP contribution in [0.25, 0.3) is 17.0 Å². The molecule has 0 unspecified atom stereocenters. The molecule has 14 heavy (non-hydrogen) atoms. The molecule has 66 valence electrons. The smallest absolute Gasteiger partial charge is 0.0912 e. The molecule has 0 amide bonds. The van der Waals surface area contributed by atoms with Crippen LogP contribution in [0.15, 0.2) is 42.6 Å². The van der Waals surface area contributed by atoms with Crippen LogP contribution in [0.1, 0.15) is 5.56 Å². The third-order valence-corrected chi connectivity index (χ3v) is 1.96. The lowest BCUT2D eigenvalue weighted by atomic mass is 10.1. The Kier molecular flexibility index (Phi) is 2.24. The Morgan fingerprint density at radius 2 is 2.14 bits per heavy atom. The zero-order valence-corrected chi connectivity index (χ0v) is 7.51. The quantitative estimate of drug-likeness (QED) is 0.633. The molecule has 2 heteroatoms. The third-order valence-electron chi connectivity index (χ3n) is 1.96. The Hall–Kier alpha value is -2.14. The fourth-order valence-corrected chi connectivity index (χ4v) is 1.31. The van der Waals surface area contributed by atoms with Crippen molar-refractivity contribution in [2.24, 2.45) is 0 Å². The first-order chi connectivity index (χ1) is 6.90. The van der Waals surface area contributed by atoms with Crippen molar-refractivity contribution in [2.45, 2.75) is 0 Å². The molecule has 0 aliphatic carbocycles. The summed E-state index contributed by atoms with van der Waals surface area (Å²) in [6.45, 7) is 0. The maximum absolute atomic E-state index is 8.38. The molecular formula is C12H8N2. The Bertz CT molecular complexity index is 521. The average molecular weight is 180 g/mol. The Labute approximate surface area is 82.1 Å². The van der Waals surface area contributed by atoms with Crippen molar-refractivity contribution in [1.29, 1.82) is 5.26 Å². The van der Waals surface area contributed by atoms with Gasteiger partial charge in [0.25, 0.3) is 0 Å². The second-order valence-corrected chi connectivity index (χ2v) is 2.92. The van der Waals surface area contributed by atoms with Gasteiger partial charge >= 0.3 is 0 Å². The number of hydrogen-bond donors (Lipinski definition) is 0. The van der Waals surface area contributed by atoms with E-state index in [1.807, 2.05) is 36.4 Å². The van der Waals surface area contributed by atoms with Crippen molar-refractivity contribution in [3.8, 4) is 6.07 Å². The van der Waals surface area contributed by atoms with Gasteiger partial charge in [-0.05, 0) is 23.8 Å². The normalized spacial score (nSPS) is 10.5. The van der Waals surface area contributed by atoms with Crippen LogP contribution in [0.2, 0.25) is 0 Å². The summed E-state index contributed by atoms with van der Waals surface area (Å²) in [4.78, 5) is 4.27. The van der Waals surface area contributed by atoms with Crippen molar-refractivity contribution in [2.75, 3.05) is 0 Å². The first-order valence-corrected chi connectivity index (χ1v) is 4.31. The number of hydrogen-bond acceptors (Lipinski definition) is 2. The van der Waals surface area contributed by atoms with Crippen molar-refractivity contribution < 1.29 is 0 Å². The summed E-state index contributed by atoms with van der Waals surface area (Å²) < 4.78 is 0. The minimum absolute atomic E-state index is 0.949. The van der Waals surface area contributed by atoms with Crippen LogP contribution in [0, 0.1) is 11.3 Å². The number of rotatable bonds is 1. The molecule has 0 spiro atoms. The number of pyridine rings is 1. The molecular weight excluding hydrogens is 172 g/mol. The van der Waals surface area contributed by atoms with Crippen LogP contribution in [-0.2, 0) is 0 Å². The van der Waals surface area contributed by atoms with E-state index in [2.05, 4.69) is 4.98 Å². The zero-order valence-electron chi connectivity index (χ0n) is 7.51. The van der Waals surface area contributed by atoms with Crippen LogP contribution >= 0.6 is 0 Å². The monoisotopic (exact) mass is 180 g/mol. The van der Waals surface area contributed by atoms with E-state index in [0.717, 1.165) is 16.5 Å². The number of para-hydroxylation sites is 1. The fourth-order valence-electron chi connectivity index (χ4n) is 1.31. The topological polar surface area (TPSA) is 36.7 Å². The number of nitriles is 1. The van der Waals surface area contributed by atoms with Gasteiger partial charge in [-0.2, -0.15) is 5.26 Å². The highest BCUT2D eigenvalue weighted by Gasteiger charge is 1.93. The molecule has 0 aliphatic rings. The predicted octanol–water partition coefficient (Wildman–Crippen LogP) is 2.77. The van der Waals surface area contributed by atoms with Crippen LogP contribution in [-0.4, -0.2) is 4.98 Å². The van der Waals surface area contributed by atoms with Crippen molar-refractivity contribution in [3.05, 3.63) is 48.2 Å². The summed E-state index contributed by atoms with van der Waals surface area (Å²) >= 11 is 0. The van der Waals surface area contributed by atoms with Crippen LogP contribution < -0.4 is 0 Å². The Balaban J connectivity index is 2.52. The van der Waals surface area contributed by atoms with E-state index in [4.69, 9.17) is 5.26 Å². The lowest BCUT2D eigenvalue weighted by Gasteiger charge is -1.97. The molecule has 2 nitrogen and oxygen atoms in total. The Morgan fingerprint density at radius 3 is 3.00 bits per heavy atom. The average Bonchev–Trinajstić information content (AvgIpc) is 2.26. The molecule has 0 aliphatic heterocycles. The summed E-state index contributed by atoms with van der Waals surface area (Å²) in [6.07, 6.45) is 4.96. The molecule has 0 atom stereocenters. The fraction of sp³-hybridized carbons (Fsp3) is 0. The van der Waals surface area contributed by atoms with Gasteiger partial charge in [0.15, 0.2) is 0 Å². The summed E-state index contributed by atoms with van der Waals surface area (Å²) in [5.74, 6) is 0. The van der Waals surface area contributed by atoms with E-state index in [9.17, 15) is 0 Å². The van der Waals surface area contributed by atoms with E-state index in [1.165, 1.54) is 6.08 Å². The van der Waals surface area contributed by atoms with E-state index >= 15 is 0 Å². The number of benzene rings is 1. The summed E-state index contributed by atoms with van der Waals surface area (Å²) in [6, 6.07) is 11.9. The highest BCUT2D eigenvalue weighted by Crippen LogP contribution is 2.13. The summed E-state index contributed by atoms with van der Waals surface area (Å²) in [7, 11) is 0. The Morgan fingerprint density at radius 1 is 1.29 bits per heavy atom. The first kappa shape index (κ1) is 8.46. The molecule has 1 heterocycles. The van der Waals surface area contributed by atoms with Crippen molar-refractivity contribution >= 4 is 17.0 Å². The minimum Gasteiger partial charge on any atom is -0.256 e. The molecule has 0 radical (unpaired) electrons. The van der Waals surface area contributed by atoms with E-state index in [0.29, 0.717) is 0 Å². The maximum atomic E-state index is 8.38. The third kappa shape index (κ3) is 1.62. The molecule has 0 saturated carbocycles. The van der Waals surface area contributed by atoms with Gasteiger partial charge in [0.05, 0.1) is 11.6 Å². The van der Waals surface area contributed by atoms with Gasteiger partial charge in [0.1, 0.15) is 0 Å². The standard InChI is InChI=1S/C12H8N2/c13-7-3-4-10-8-11-5-1-2-6-12(11)14-9-10/h1-6,8-9H. The van der Waals surface area contributed by atoms with E-state index in [-0.39, 0.29) is 0 Å². The van der Waals surface area contributed by atoms with Gasteiger partial charge in [-0.15, -0.1) is 0 Å². The number of fused-ring (bicyclic) bond motifs is 1. The lowest BCUT2D eigenvalue weighted by molar-refractivity contribution is 1.40. The molecule has 1 aromatic heterocycles. The second kappa shape index (κ2) is 3.71. The molecule has 2 rings (SSSR count). The predicted molar refractivity (Wildman–Crippen MR) is 56.4 cm³/mol. The van der Waals surface area contributed by atoms with E-state index in [1.54, 1.807) is 12.3 Å².